The first kappa shape index (κ1) is 20.6. The Morgan fingerprint density at radius 2 is 1.43 bits per heavy atom. The van der Waals surface area contributed by atoms with Crippen LogP contribution in [0.2, 0.25) is 0 Å². The maximum Gasteiger partial charge on any atom is 0.187 e. The van der Waals surface area contributed by atoms with Crippen molar-refractivity contribution in [2.45, 2.75) is 55.1 Å². The molecule has 9 N–H and O–H groups in total. The number of rotatable bonds is 8. The second-order valence-corrected chi connectivity index (χ2v) is 5.29. The fourth-order valence-electron chi connectivity index (χ4n) is 2.14. The number of hydrogen-bond donors (Lipinski definition) is 9. The third kappa shape index (κ3) is 4.78. The van der Waals surface area contributed by atoms with Gasteiger partial charge >= 0.3 is 0 Å². The lowest BCUT2D eigenvalue weighted by Gasteiger charge is -2.41. The van der Waals surface area contributed by atoms with Crippen LogP contribution in [0.25, 0.3) is 0 Å². The van der Waals surface area contributed by atoms with E-state index in [1.807, 2.05) is 0 Å². The Bertz CT molecular complexity index is 341. The molecule has 1 heterocycles. The van der Waals surface area contributed by atoms with Crippen molar-refractivity contribution in [2.75, 3.05) is 19.8 Å². The van der Waals surface area contributed by atoms with Gasteiger partial charge < -0.3 is 55.4 Å². The van der Waals surface area contributed by atoms with Crippen molar-refractivity contribution < 1.29 is 55.4 Å². The van der Waals surface area contributed by atoms with Crippen LogP contribution in [0.3, 0.4) is 0 Å². The molecule has 1 aliphatic heterocycles. The molecule has 11 nitrogen and oxygen atoms in total. The van der Waals surface area contributed by atoms with E-state index >= 15 is 0 Å². The highest BCUT2D eigenvalue weighted by molar-refractivity contribution is 4.90. The van der Waals surface area contributed by atoms with Gasteiger partial charge in [0.05, 0.1) is 19.8 Å². The summed E-state index contributed by atoms with van der Waals surface area (Å²) in [5, 5.41) is 84.7. The summed E-state index contributed by atoms with van der Waals surface area (Å²) >= 11 is 0. The highest BCUT2D eigenvalue weighted by Crippen LogP contribution is 2.24. The van der Waals surface area contributed by atoms with E-state index < -0.39 is 74.9 Å². The van der Waals surface area contributed by atoms with Crippen LogP contribution in [0.1, 0.15) is 0 Å². The average molecular weight is 344 g/mol. The molecule has 23 heavy (non-hydrogen) atoms. The first-order valence-electron chi connectivity index (χ1n) is 7.00. The SMILES string of the molecule is OCC(O[C@H]1O[C@H](CO)[C@@H](O)[C@H](O)[C@H]1O)[C@@H](O)[C@H](O)[C@@H](O)CO. The van der Waals surface area contributed by atoms with Crippen LogP contribution < -0.4 is 0 Å². The lowest BCUT2D eigenvalue weighted by molar-refractivity contribution is -0.322. The van der Waals surface area contributed by atoms with Crippen molar-refractivity contribution in [3.05, 3.63) is 0 Å². The second kappa shape index (κ2) is 9.15. The van der Waals surface area contributed by atoms with Crippen molar-refractivity contribution in [3.8, 4) is 0 Å². The lowest BCUT2D eigenvalue weighted by Crippen LogP contribution is -2.61. The Morgan fingerprint density at radius 1 is 0.826 bits per heavy atom. The van der Waals surface area contributed by atoms with Gasteiger partial charge in [0.15, 0.2) is 6.29 Å². The van der Waals surface area contributed by atoms with E-state index in [-0.39, 0.29) is 0 Å². The molecule has 1 rings (SSSR count). The van der Waals surface area contributed by atoms with Crippen LogP contribution in [-0.4, -0.2) is 121 Å². The minimum absolute atomic E-state index is 0.691. The molecule has 1 saturated heterocycles. The zero-order chi connectivity index (χ0) is 17.7. The lowest BCUT2D eigenvalue weighted by atomic mass is 9.99. The molecular weight excluding hydrogens is 320 g/mol. The molecule has 1 unspecified atom stereocenters. The Hall–Kier alpha value is -0.440. The van der Waals surface area contributed by atoms with E-state index in [1.54, 1.807) is 0 Å². The molecule has 9 atom stereocenters. The molecule has 0 aliphatic carbocycles. The normalized spacial score (nSPS) is 37.2. The van der Waals surface area contributed by atoms with Gasteiger partial charge in [-0.25, -0.2) is 0 Å². The minimum atomic E-state index is -1.86. The fourth-order valence-corrected chi connectivity index (χ4v) is 2.14. The molecule has 0 aromatic carbocycles. The van der Waals surface area contributed by atoms with Gasteiger partial charge in [0.1, 0.15) is 48.8 Å². The number of hydrogen-bond acceptors (Lipinski definition) is 11. The summed E-state index contributed by atoms with van der Waals surface area (Å²) in [4.78, 5) is 0. The smallest absolute Gasteiger partial charge is 0.187 e. The monoisotopic (exact) mass is 344 g/mol. The van der Waals surface area contributed by atoms with Gasteiger partial charge in [-0.1, -0.05) is 0 Å². The predicted octanol–water partition coefficient (Wildman–Crippen LogP) is -5.76. The van der Waals surface area contributed by atoms with Gasteiger partial charge in [0.2, 0.25) is 0 Å². The van der Waals surface area contributed by atoms with Crippen LogP contribution in [0, 0.1) is 0 Å². The summed E-state index contributed by atoms with van der Waals surface area (Å²) in [6.45, 7) is -2.40. The van der Waals surface area contributed by atoms with Gasteiger partial charge in [-0.3, -0.25) is 0 Å². The summed E-state index contributed by atoms with van der Waals surface area (Å²) < 4.78 is 10.1. The summed E-state index contributed by atoms with van der Waals surface area (Å²) in [5.74, 6) is 0. The van der Waals surface area contributed by atoms with Crippen molar-refractivity contribution in [2.24, 2.45) is 0 Å². The standard InChI is InChI=1S/C12H24O11/c13-1-4(16)7(17)8(18)5(2-14)22-12-11(21)10(20)9(19)6(3-15)23-12/h4-21H,1-3H2/t4-,5?,6+,7+,8+,9+,10-,11+,12-/m0/s1. The van der Waals surface area contributed by atoms with Gasteiger partial charge in [0, 0.05) is 0 Å². The van der Waals surface area contributed by atoms with Crippen LogP contribution in [-0.2, 0) is 9.47 Å². The van der Waals surface area contributed by atoms with E-state index in [1.165, 1.54) is 0 Å². The molecule has 0 aromatic rings. The molecule has 138 valence electrons. The highest BCUT2D eigenvalue weighted by Gasteiger charge is 2.46. The Labute approximate surface area is 131 Å². The fraction of sp³-hybridized carbons (Fsp3) is 1.00. The quantitative estimate of drug-likeness (QED) is 0.203. The van der Waals surface area contributed by atoms with E-state index in [0.717, 1.165) is 0 Å². The summed E-state index contributed by atoms with van der Waals surface area (Å²) in [7, 11) is 0. The minimum Gasteiger partial charge on any atom is -0.394 e. The largest absolute Gasteiger partial charge is 0.394 e. The van der Waals surface area contributed by atoms with Gasteiger partial charge in [-0.15, -0.1) is 0 Å². The third-order valence-electron chi connectivity index (χ3n) is 3.65. The molecule has 0 spiro atoms. The first-order valence-corrected chi connectivity index (χ1v) is 7.00. The molecule has 1 aliphatic rings. The summed E-state index contributed by atoms with van der Waals surface area (Å²) in [6, 6.07) is 0. The van der Waals surface area contributed by atoms with E-state index in [0.29, 0.717) is 0 Å². The zero-order valence-corrected chi connectivity index (χ0v) is 12.2. The van der Waals surface area contributed by atoms with E-state index in [9.17, 15) is 35.7 Å². The molecule has 0 saturated carbocycles. The second-order valence-electron chi connectivity index (χ2n) is 5.29. The van der Waals surface area contributed by atoms with Crippen LogP contribution in [0.4, 0.5) is 0 Å². The first-order chi connectivity index (χ1) is 10.8. The Kier molecular flexibility index (Phi) is 8.20. The Balaban J connectivity index is 2.77. The average Bonchev–Trinajstić information content (AvgIpc) is 2.57. The highest BCUT2D eigenvalue weighted by atomic mass is 16.7. The predicted molar refractivity (Wildman–Crippen MR) is 70.8 cm³/mol. The van der Waals surface area contributed by atoms with Crippen molar-refractivity contribution >= 4 is 0 Å². The van der Waals surface area contributed by atoms with Crippen molar-refractivity contribution in [3.63, 3.8) is 0 Å². The summed E-state index contributed by atoms with van der Waals surface area (Å²) in [5.41, 5.74) is 0. The molecule has 1 fully saturated rings. The third-order valence-corrected chi connectivity index (χ3v) is 3.65. The summed E-state index contributed by atoms with van der Waals surface area (Å²) in [6.07, 6.45) is -14.9. The van der Waals surface area contributed by atoms with Gasteiger partial charge in [-0.2, -0.15) is 0 Å². The topological polar surface area (TPSA) is 201 Å². The van der Waals surface area contributed by atoms with Crippen LogP contribution in [0.5, 0.6) is 0 Å². The van der Waals surface area contributed by atoms with Crippen LogP contribution in [0.15, 0.2) is 0 Å². The zero-order valence-electron chi connectivity index (χ0n) is 12.2. The Morgan fingerprint density at radius 3 is 1.91 bits per heavy atom. The van der Waals surface area contributed by atoms with Gasteiger partial charge in [-0.05, 0) is 0 Å². The molecule has 0 amide bonds. The molecule has 0 bridgehead atoms. The molecule has 0 radical (unpaired) electrons. The number of aliphatic hydroxyl groups excluding tert-OH is 9. The van der Waals surface area contributed by atoms with Crippen LogP contribution >= 0.6 is 0 Å². The maximum atomic E-state index is 9.83. The molecule has 11 heteroatoms. The molecular formula is C12H24O11. The van der Waals surface area contributed by atoms with Gasteiger partial charge in [0.25, 0.3) is 0 Å². The van der Waals surface area contributed by atoms with Crippen molar-refractivity contribution in [1.82, 2.24) is 0 Å². The van der Waals surface area contributed by atoms with E-state index in [2.05, 4.69) is 0 Å². The number of aliphatic hydroxyl groups is 9. The van der Waals surface area contributed by atoms with Crippen molar-refractivity contribution in [1.29, 1.82) is 0 Å². The maximum absolute atomic E-state index is 9.83. The molecule has 0 aromatic heterocycles. The number of ether oxygens (including phenoxy) is 2. The van der Waals surface area contributed by atoms with E-state index in [4.69, 9.17) is 19.7 Å².